The lowest BCUT2D eigenvalue weighted by atomic mass is 9.96. The summed E-state index contributed by atoms with van der Waals surface area (Å²) >= 11 is 1.77. The van der Waals surface area contributed by atoms with Gasteiger partial charge >= 0.3 is 0 Å². The Labute approximate surface area is 117 Å². The summed E-state index contributed by atoms with van der Waals surface area (Å²) in [6.45, 7) is 0. The third kappa shape index (κ3) is 1.56. The van der Waals surface area contributed by atoms with E-state index in [1.165, 1.54) is 28.8 Å². The minimum absolute atomic E-state index is 0.582. The van der Waals surface area contributed by atoms with Gasteiger partial charge in [0.25, 0.3) is 0 Å². The van der Waals surface area contributed by atoms with Crippen LogP contribution < -0.4 is 5.73 Å². The van der Waals surface area contributed by atoms with Crippen molar-refractivity contribution in [3.05, 3.63) is 34.8 Å². The lowest BCUT2D eigenvalue weighted by Gasteiger charge is -2.31. The lowest BCUT2D eigenvalue weighted by Crippen LogP contribution is -2.33. The molecule has 19 heavy (non-hydrogen) atoms. The number of hydrogen-bond acceptors (Lipinski definition) is 4. The summed E-state index contributed by atoms with van der Waals surface area (Å²) in [6.07, 6.45) is 5.56. The number of aromatic nitrogens is 1. The van der Waals surface area contributed by atoms with Crippen LogP contribution in [0.5, 0.6) is 0 Å². The van der Waals surface area contributed by atoms with Crippen molar-refractivity contribution in [1.82, 2.24) is 9.88 Å². The van der Waals surface area contributed by atoms with E-state index in [1.54, 1.807) is 11.3 Å². The van der Waals surface area contributed by atoms with Crippen molar-refractivity contribution >= 4 is 16.3 Å². The van der Waals surface area contributed by atoms with Gasteiger partial charge in [-0.05, 0) is 44.0 Å². The quantitative estimate of drug-likeness (QED) is 0.866. The van der Waals surface area contributed by atoms with Crippen molar-refractivity contribution in [3.8, 4) is 11.3 Å². The molecule has 2 aliphatic rings. The third-order valence-electron chi connectivity index (χ3n) is 4.57. The van der Waals surface area contributed by atoms with Crippen LogP contribution in [0, 0.1) is 0 Å². The average molecular weight is 271 g/mol. The van der Waals surface area contributed by atoms with Crippen LogP contribution in [0.25, 0.3) is 11.3 Å². The first-order chi connectivity index (χ1) is 9.25. The molecule has 4 rings (SSSR count). The van der Waals surface area contributed by atoms with Gasteiger partial charge in [-0.2, -0.15) is 0 Å². The van der Waals surface area contributed by atoms with E-state index in [9.17, 15) is 0 Å². The molecular formula is C15H17N3S. The van der Waals surface area contributed by atoms with Gasteiger partial charge in [0.15, 0.2) is 0 Å². The number of fused-ring (bicyclic) bond motifs is 4. The van der Waals surface area contributed by atoms with E-state index < -0.39 is 0 Å². The fourth-order valence-corrected chi connectivity index (χ4v) is 4.87. The highest BCUT2D eigenvalue weighted by Crippen LogP contribution is 2.51. The first-order valence-electron chi connectivity index (χ1n) is 6.80. The van der Waals surface area contributed by atoms with Crippen molar-refractivity contribution in [2.45, 2.75) is 31.3 Å². The Morgan fingerprint density at radius 3 is 3.05 bits per heavy atom. The summed E-state index contributed by atoms with van der Waals surface area (Å²) in [4.78, 5) is 8.50. The Bertz CT molecular complexity index is 620. The number of likely N-dealkylation sites (N-methyl/N-ethyl adjacent to an activating group) is 1. The maximum absolute atomic E-state index is 6.29. The molecule has 2 aromatic heterocycles. The van der Waals surface area contributed by atoms with Crippen LogP contribution in [-0.2, 0) is 6.42 Å². The van der Waals surface area contributed by atoms with Crippen molar-refractivity contribution in [1.29, 1.82) is 0 Å². The standard InChI is InChI=1S/C15H17N3S/c1-18-9-5-6-12(18)14-10(8-9)13(15(16)19-14)11-4-2-3-7-17-11/h2-4,7,9,12H,5-6,8,16H2,1H3. The normalized spacial score (nSPS) is 25.5. The summed E-state index contributed by atoms with van der Waals surface area (Å²) in [5.74, 6) is 0. The fourth-order valence-electron chi connectivity index (χ4n) is 3.58. The van der Waals surface area contributed by atoms with E-state index in [4.69, 9.17) is 5.73 Å². The molecule has 2 N–H and O–H groups in total. The molecule has 1 fully saturated rings. The second kappa shape index (κ2) is 4.05. The van der Waals surface area contributed by atoms with Gasteiger partial charge in [-0.1, -0.05) is 6.07 Å². The molecule has 2 aromatic rings. The number of hydrogen-bond donors (Lipinski definition) is 1. The predicted octanol–water partition coefficient (Wildman–Crippen LogP) is 3.08. The molecule has 3 nitrogen and oxygen atoms in total. The molecule has 2 unspecified atom stereocenters. The van der Waals surface area contributed by atoms with Gasteiger partial charge in [0, 0.05) is 28.7 Å². The molecule has 0 saturated carbocycles. The van der Waals surface area contributed by atoms with E-state index in [0.717, 1.165) is 17.1 Å². The molecule has 1 saturated heterocycles. The number of nitrogens with two attached hydrogens (primary N) is 1. The summed E-state index contributed by atoms with van der Waals surface area (Å²) in [5.41, 5.74) is 9.98. The lowest BCUT2D eigenvalue weighted by molar-refractivity contribution is 0.228. The second-order valence-corrected chi connectivity index (χ2v) is 6.60. The van der Waals surface area contributed by atoms with Gasteiger partial charge in [-0.25, -0.2) is 0 Å². The first-order valence-corrected chi connectivity index (χ1v) is 7.61. The molecule has 0 aromatic carbocycles. The van der Waals surface area contributed by atoms with Crippen molar-refractivity contribution < 1.29 is 0 Å². The molecule has 0 amide bonds. The Kier molecular flexibility index (Phi) is 2.44. The molecular weight excluding hydrogens is 254 g/mol. The summed E-state index contributed by atoms with van der Waals surface area (Å²) in [6, 6.07) is 7.33. The van der Waals surface area contributed by atoms with Gasteiger partial charge in [0.1, 0.15) is 0 Å². The molecule has 0 radical (unpaired) electrons. The molecule has 0 spiro atoms. The number of pyridine rings is 1. The minimum Gasteiger partial charge on any atom is -0.390 e. The van der Waals surface area contributed by atoms with E-state index >= 15 is 0 Å². The second-order valence-electron chi connectivity index (χ2n) is 5.52. The fraction of sp³-hybridized carbons (Fsp3) is 0.400. The Balaban J connectivity index is 1.90. The van der Waals surface area contributed by atoms with E-state index in [-0.39, 0.29) is 0 Å². The number of rotatable bonds is 1. The maximum atomic E-state index is 6.29. The molecule has 4 heteroatoms. The number of nitrogens with zero attached hydrogens (tertiary/aromatic N) is 2. The van der Waals surface area contributed by atoms with Crippen LogP contribution in [-0.4, -0.2) is 23.0 Å². The molecule has 4 heterocycles. The third-order valence-corrected chi connectivity index (χ3v) is 5.73. The molecule has 2 atom stereocenters. The van der Waals surface area contributed by atoms with Crippen molar-refractivity contribution in [2.75, 3.05) is 12.8 Å². The zero-order valence-corrected chi connectivity index (χ0v) is 11.8. The van der Waals surface area contributed by atoms with Crippen LogP contribution in [0.1, 0.15) is 29.3 Å². The SMILES string of the molecule is CN1C2CCC1c1sc(N)c(-c3ccccn3)c1C2. The van der Waals surface area contributed by atoms with Crippen LogP contribution in [0.15, 0.2) is 24.4 Å². The van der Waals surface area contributed by atoms with Gasteiger partial charge in [0.05, 0.1) is 10.7 Å². The number of nitrogen functional groups attached to an aromatic ring is 1. The molecule has 0 aliphatic carbocycles. The van der Waals surface area contributed by atoms with E-state index in [2.05, 4.69) is 23.0 Å². The van der Waals surface area contributed by atoms with Crippen LogP contribution in [0.2, 0.25) is 0 Å². The van der Waals surface area contributed by atoms with Crippen LogP contribution in [0.3, 0.4) is 0 Å². The van der Waals surface area contributed by atoms with E-state index in [0.29, 0.717) is 12.1 Å². The van der Waals surface area contributed by atoms with Gasteiger partial charge in [-0.15, -0.1) is 11.3 Å². The summed E-state index contributed by atoms with van der Waals surface area (Å²) in [7, 11) is 2.25. The zero-order chi connectivity index (χ0) is 13.0. The molecule has 2 aliphatic heterocycles. The average Bonchev–Trinajstić information content (AvgIpc) is 2.87. The highest BCUT2D eigenvalue weighted by Gasteiger charge is 2.40. The minimum atomic E-state index is 0.582. The van der Waals surface area contributed by atoms with Gasteiger partial charge < -0.3 is 5.73 Å². The van der Waals surface area contributed by atoms with Crippen molar-refractivity contribution in [2.24, 2.45) is 0 Å². The topological polar surface area (TPSA) is 42.1 Å². The van der Waals surface area contributed by atoms with Crippen LogP contribution >= 0.6 is 11.3 Å². The number of thiophene rings is 1. The highest BCUT2D eigenvalue weighted by molar-refractivity contribution is 7.16. The Morgan fingerprint density at radius 2 is 2.26 bits per heavy atom. The zero-order valence-electron chi connectivity index (χ0n) is 11.0. The van der Waals surface area contributed by atoms with E-state index in [1.807, 2.05) is 18.3 Å². The maximum Gasteiger partial charge on any atom is 0.0958 e. The molecule has 2 bridgehead atoms. The Hall–Kier alpha value is -1.39. The predicted molar refractivity (Wildman–Crippen MR) is 79.2 cm³/mol. The largest absolute Gasteiger partial charge is 0.390 e. The molecule has 98 valence electrons. The van der Waals surface area contributed by atoms with Gasteiger partial charge in [-0.3, -0.25) is 9.88 Å². The monoisotopic (exact) mass is 271 g/mol. The summed E-state index contributed by atoms with van der Waals surface area (Å²) < 4.78 is 0. The highest BCUT2D eigenvalue weighted by atomic mass is 32.1. The Morgan fingerprint density at radius 1 is 1.37 bits per heavy atom. The number of anilines is 1. The first kappa shape index (κ1) is 11.4. The van der Waals surface area contributed by atoms with Crippen LogP contribution in [0.4, 0.5) is 5.00 Å². The summed E-state index contributed by atoms with van der Waals surface area (Å²) in [5, 5.41) is 0.935. The van der Waals surface area contributed by atoms with Crippen molar-refractivity contribution in [3.63, 3.8) is 0 Å². The van der Waals surface area contributed by atoms with Gasteiger partial charge in [0.2, 0.25) is 0 Å². The smallest absolute Gasteiger partial charge is 0.0958 e.